The molecule has 0 radical (unpaired) electrons. The maximum atomic E-state index is 2.68. The van der Waals surface area contributed by atoms with Gasteiger partial charge >= 0.3 is 0 Å². The van der Waals surface area contributed by atoms with Crippen LogP contribution in [0.1, 0.15) is 59.8 Å². The summed E-state index contributed by atoms with van der Waals surface area (Å²) in [4.78, 5) is 2.68. The maximum absolute atomic E-state index is 2.68. The molecule has 0 saturated carbocycles. The van der Waals surface area contributed by atoms with Crippen molar-refractivity contribution in [1.82, 2.24) is 4.90 Å². The first kappa shape index (κ1) is 14.0. The van der Waals surface area contributed by atoms with E-state index < -0.39 is 0 Å². The van der Waals surface area contributed by atoms with Gasteiger partial charge in [-0.25, -0.2) is 0 Å². The van der Waals surface area contributed by atoms with Crippen molar-refractivity contribution in [3.8, 4) is 0 Å². The molecule has 0 spiro atoms. The minimum absolute atomic E-state index is 0.881. The second-order valence-corrected chi connectivity index (χ2v) is 6.31. The van der Waals surface area contributed by atoms with Crippen molar-refractivity contribution in [2.45, 2.75) is 59.8 Å². The van der Waals surface area contributed by atoms with Crippen LogP contribution in [0.3, 0.4) is 0 Å². The van der Waals surface area contributed by atoms with Crippen LogP contribution < -0.4 is 0 Å². The summed E-state index contributed by atoms with van der Waals surface area (Å²) in [6.07, 6.45) is 7.10. The Morgan fingerprint density at radius 2 is 1.62 bits per heavy atom. The maximum Gasteiger partial charge on any atom is -0.00160 e. The van der Waals surface area contributed by atoms with E-state index in [9.17, 15) is 0 Å². The predicted octanol–water partition coefficient (Wildman–Crippen LogP) is 4.18. The molecule has 1 fully saturated rings. The molecule has 1 saturated heterocycles. The monoisotopic (exact) mass is 225 g/mol. The SMILES string of the molecule is CC(C)CCCCN1CCC(C(C)C)CC1. The smallest absolute Gasteiger partial charge is 0.00160 e. The topological polar surface area (TPSA) is 3.24 Å². The first-order chi connectivity index (χ1) is 7.59. The minimum atomic E-state index is 0.881. The van der Waals surface area contributed by atoms with Crippen LogP contribution in [0.25, 0.3) is 0 Å². The molecule has 0 bridgehead atoms. The Bertz CT molecular complexity index is 166. The van der Waals surface area contributed by atoms with Crippen LogP contribution >= 0.6 is 0 Å². The molecule has 96 valence electrons. The summed E-state index contributed by atoms with van der Waals surface area (Å²) < 4.78 is 0. The lowest BCUT2D eigenvalue weighted by atomic mass is 9.86. The molecule has 1 nitrogen and oxygen atoms in total. The number of likely N-dealkylation sites (tertiary alicyclic amines) is 1. The first-order valence-corrected chi connectivity index (χ1v) is 7.32. The molecule has 0 aromatic rings. The molecule has 1 aliphatic heterocycles. The van der Waals surface area contributed by atoms with Gasteiger partial charge in [-0.1, -0.05) is 40.5 Å². The summed E-state index contributed by atoms with van der Waals surface area (Å²) in [5, 5.41) is 0. The number of piperidine rings is 1. The van der Waals surface area contributed by atoms with E-state index in [4.69, 9.17) is 0 Å². The fourth-order valence-electron chi connectivity index (χ4n) is 2.73. The average Bonchev–Trinajstić information content (AvgIpc) is 2.25. The number of unbranched alkanes of at least 4 members (excludes halogenated alkanes) is 1. The summed E-state index contributed by atoms with van der Waals surface area (Å²) in [7, 11) is 0. The minimum Gasteiger partial charge on any atom is -0.303 e. The zero-order valence-corrected chi connectivity index (χ0v) is 11.8. The normalized spacial score (nSPS) is 19.9. The average molecular weight is 225 g/mol. The highest BCUT2D eigenvalue weighted by atomic mass is 15.1. The molecule has 1 heteroatoms. The van der Waals surface area contributed by atoms with Gasteiger partial charge in [0.25, 0.3) is 0 Å². The molecule has 0 aliphatic carbocycles. The van der Waals surface area contributed by atoms with Crippen LogP contribution in [0.4, 0.5) is 0 Å². The van der Waals surface area contributed by atoms with Gasteiger partial charge in [-0.05, 0) is 56.7 Å². The van der Waals surface area contributed by atoms with E-state index in [1.54, 1.807) is 0 Å². The van der Waals surface area contributed by atoms with E-state index in [1.807, 2.05) is 0 Å². The Kier molecular flexibility index (Phi) is 6.41. The number of rotatable bonds is 6. The standard InChI is InChI=1S/C15H31N/c1-13(2)7-5-6-10-16-11-8-15(9-12-16)14(3)4/h13-15H,5-12H2,1-4H3. The summed E-state index contributed by atoms with van der Waals surface area (Å²) in [5.74, 6) is 2.77. The molecule has 0 aromatic carbocycles. The van der Waals surface area contributed by atoms with E-state index in [0.29, 0.717) is 0 Å². The highest BCUT2D eigenvalue weighted by molar-refractivity contribution is 4.74. The molecule has 0 aromatic heterocycles. The van der Waals surface area contributed by atoms with Crippen molar-refractivity contribution < 1.29 is 0 Å². The molecule has 1 aliphatic rings. The van der Waals surface area contributed by atoms with Crippen molar-refractivity contribution in [2.75, 3.05) is 19.6 Å². The molecule has 16 heavy (non-hydrogen) atoms. The van der Waals surface area contributed by atoms with Crippen molar-refractivity contribution in [3.05, 3.63) is 0 Å². The predicted molar refractivity (Wildman–Crippen MR) is 72.7 cm³/mol. The van der Waals surface area contributed by atoms with Gasteiger partial charge in [0.2, 0.25) is 0 Å². The van der Waals surface area contributed by atoms with E-state index >= 15 is 0 Å². The van der Waals surface area contributed by atoms with Crippen LogP contribution in [0.15, 0.2) is 0 Å². The van der Waals surface area contributed by atoms with Crippen LogP contribution in [0.2, 0.25) is 0 Å². The molecule has 0 amide bonds. The van der Waals surface area contributed by atoms with Crippen LogP contribution in [0.5, 0.6) is 0 Å². The third kappa shape index (κ3) is 5.34. The van der Waals surface area contributed by atoms with E-state index in [0.717, 1.165) is 17.8 Å². The molecule has 1 heterocycles. The van der Waals surface area contributed by atoms with Crippen molar-refractivity contribution >= 4 is 0 Å². The Hall–Kier alpha value is -0.0400. The van der Waals surface area contributed by atoms with E-state index in [2.05, 4.69) is 32.6 Å². The second kappa shape index (κ2) is 7.32. The van der Waals surface area contributed by atoms with Crippen molar-refractivity contribution in [2.24, 2.45) is 17.8 Å². The zero-order valence-electron chi connectivity index (χ0n) is 11.8. The van der Waals surface area contributed by atoms with Gasteiger partial charge in [-0.15, -0.1) is 0 Å². The highest BCUT2D eigenvalue weighted by Gasteiger charge is 2.20. The van der Waals surface area contributed by atoms with Gasteiger partial charge in [0.05, 0.1) is 0 Å². The lowest BCUT2D eigenvalue weighted by Crippen LogP contribution is -2.35. The fraction of sp³-hybridized carbons (Fsp3) is 1.00. The summed E-state index contributed by atoms with van der Waals surface area (Å²) in [6.45, 7) is 13.5. The quantitative estimate of drug-likeness (QED) is 0.613. The van der Waals surface area contributed by atoms with Gasteiger partial charge in [-0.2, -0.15) is 0 Å². The van der Waals surface area contributed by atoms with Crippen LogP contribution in [-0.2, 0) is 0 Å². The highest BCUT2D eigenvalue weighted by Crippen LogP contribution is 2.24. The molecular weight excluding hydrogens is 194 g/mol. The summed E-state index contributed by atoms with van der Waals surface area (Å²) in [6, 6.07) is 0. The summed E-state index contributed by atoms with van der Waals surface area (Å²) in [5.41, 5.74) is 0. The Labute approximate surface area is 103 Å². The first-order valence-electron chi connectivity index (χ1n) is 7.32. The van der Waals surface area contributed by atoms with Gasteiger partial charge < -0.3 is 4.90 Å². The lowest BCUT2D eigenvalue weighted by molar-refractivity contribution is 0.155. The van der Waals surface area contributed by atoms with Gasteiger partial charge in [0.15, 0.2) is 0 Å². The third-order valence-corrected chi connectivity index (χ3v) is 4.08. The summed E-state index contributed by atoms with van der Waals surface area (Å²) >= 11 is 0. The van der Waals surface area contributed by atoms with Gasteiger partial charge in [-0.3, -0.25) is 0 Å². The molecule has 0 unspecified atom stereocenters. The largest absolute Gasteiger partial charge is 0.303 e. The van der Waals surface area contributed by atoms with Crippen molar-refractivity contribution in [3.63, 3.8) is 0 Å². The Morgan fingerprint density at radius 1 is 1.00 bits per heavy atom. The van der Waals surface area contributed by atoms with E-state index in [-0.39, 0.29) is 0 Å². The Balaban J connectivity index is 2.04. The molecular formula is C15H31N. The Morgan fingerprint density at radius 3 is 2.12 bits per heavy atom. The molecule has 0 N–H and O–H groups in total. The fourth-order valence-corrected chi connectivity index (χ4v) is 2.73. The third-order valence-electron chi connectivity index (χ3n) is 4.08. The van der Waals surface area contributed by atoms with E-state index in [1.165, 1.54) is 51.7 Å². The number of nitrogens with zero attached hydrogens (tertiary/aromatic N) is 1. The zero-order chi connectivity index (χ0) is 12.0. The van der Waals surface area contributed by atoms with Crippen molar-refractivity contribution in [1.29, 1.82) is 0 Å². The van der Waals surface area contributed by atoms with Gasteiger partial charge in [0, 0.05) is 0 Å². The lowest BCUT2D eigenvalue weighted by Gasteiger charge is -2.33. The molecule has 0 atom stereocenters. The molecule has 1 rings (SSSR count). The van der Waals surface area contributed by atoms with Gasteiger partial charge in [0.1, 0.15) is 0 Å². The van der Waals surface area contributed by atoms with Crippen LogP contribution in [-0.4, -0.2) is 24.5 Å². The second-order valence-electron chi connectivity index (χ2n) is 6.31. The number of hydrogen-bond acceptors (Lipinski definition) is 1. The number of hydrogen-bond donors (Lipinski definition) is 0. The van der Waals surface area contributed by atoms with Crippen LogP contribution in [0, 0.1) is 17.8 Å².